The van der Waals surface area contributed by atoms with Crippen LogP contribution < -0.4 is 5.32 Å². The van der Waals surface area contributed by atoms with Gasteiger partial charge in [-0.1, -0.05) is 0 Å². The summed E-state index contributed by atoms with van der Waals surface area (Å²) in [4.78, 5) is 27.6. The highest BCUT2D eigenvalue weighted by molar-refractivity contribution is 7.99. The molecule has 23 heavy (non-hydrogen) atoms. The molecule has 1 aliphatic rings. The van der Waals surface area contributed by atoms with Crippen LogP contribution >= 0.6 is 11.8 Å². The fourth-order valence-electron chi connectivity index (χ4n) is 2.09. The molecule has 1 unspecified atom stereocenters. The predicted octanol–water partition coefficient (Wildman–Crippen LogP) is 0.945. The van der Waals surface area contributed by atoms with Gasteiger partial charge in [-0.3, -0.25) is 4.90 Å². The van der Waals surface area contributed by atoms with Gasteiger partial charge in [-0.15, -0.1) is 0 Å². The molecule has 8 heteroatoms. The van der Waals surface area contributed by atoms with Crippen molar-refractivity contribution in [1.29, 1.82) is 0 Å². The van der Waals surface area contributed by atoms with Crippen molar-refractivity contribution in [2.75, 3.05) is 51.3 Å². The Morgan fingerprint density at radius 2 is 1.87 bits per heavy atom. The fraction of sp³-hybridized carbons (Fsp3) is 0.867. The van der Waals surface area contributed by atoms with E-state index in [4.69, 9.17) is 4.74 Å². The van der Waals surface area contributed by atoms with Crippen LogP contribution in [-0.4, -0.2) is 89.9 Å². The second-order valence-corrected chi connectivity index (χ2v) is 7.91. The molecule has 1 atom stereocenters. The number of thioether (sulfide) groups is 1. The summed E-state index contributed by atoms with van der Waals surface area (Å²) in [5.41, 5.74) is -0.637. The summed E-state index contributed by atoms with van der Waals surface area (Å²) in [5.74, 6) is 0.147. The number of nitrogens with zero attached hydrogens (tertiary/aromatic N) is 2. The van der Waals surface area contributed by atoms with Crippen LogP contribution in [0, 0.1) is 0 Å². The number of hydrogen-bond donors (Lipinski definition) is 2. The molecule has 0 aromatic carbocycles. The SMILES string of the molecule is CN1CCN(CCSCC(NC(=O)OC(C)(C)C)C(=O)O)CC1. The standard InChI is InChI=1S/C15H29N3O4S/c1-15(2,3)22-14(21)16-12(13(19)20)11-23-10-9-18-7-5-17(4)6-8-18/h12H,5-11H2,1-4H3,(H,16,21)(H,19,20). The van der Waals surface area contributed by atoms with Crippen molar-refractivity contribution >= 4 is 23.8 Å². The van der Waals surface area contributed by atoms with Crippen LogP contribution in [0.3, 0.4) is 0 Å². The summed E-state index contributed by atoms with van der Waals surface area (Å²) in [7, 11) is 2.12. The largest absolute Gasteiger partial charge is 0.480 e. The molecule has 1 saturated heterocycles. The fourth-order valence-corrected chi connectivity index (χ4v) is 3.11. The van der Waals surface area contributed by atoms with Crippen LogP contribution in [0.2, 0.25) is 0 Å². The molecule has 1 rings (SSSR count). The number of aliphatic carboxylic acids is 1. The average molecular weight is 347 g/mol. The van der Waals surface area contributed by atoms with Crippen molar-refractivity contribution in [2.24, 2.45) is 0 Å². The van der Waals surface area contributed by atoms with Gasteiger partial charge in [0.2, 0.25) is 0 Å². The summed E-state index contributed by atoms with van der Waals surface area (Å²) < 4.78 is 5.09. The number of amides is 1. The van der Waals surface area contributed by atoms with Gasteiger partial charge in [0.15, 0.2) is 0 Å². The molecule has 0 aliphatic carbocycles. The van der Waals surface area contributed by atoms with Crippen LogP contribution in [0.5, 0.6) is 0 Å². The van der Waals surface area contributed by atoms with E-state index in [0.29, 0.717) is 5.75 Å². The van der Waals surface area contributed by atoms with Gasteiger partial charge in [0.05, 0.1) is 0 Å². The van der Waals surface area contributed by atoms with E-state index in [1.807, 2.05) is 0 Å². The first-order valence-electron chi connectivity index (χ1n) is 7.88. The topological polar surface area (TPSA) is 82.1 Å². The minimum atomic E-state index is -1.04. The summed E-state index contributed by atoms with van der Waals surface area (Å²) in [6.45, 7) is 10.4. The number of nitrogens with one attached hydrogen (secondary N) is 1. The van der Waals surface area contributed by atoms with E-state index in [1.54, 1.807) is 20.8 Å². The molecule has 0 radical (unpaired) electrons. The molecule has 1 fully saturated rings. The molecular formula is C15H29N3O4S. The van der Waals surface area contributed by atoms with Crippen molar-refractivity contribution in [1.82, 2.24) is 15.1 Å². The molecule has 1 heterocycles. The van der Waals surface area contributed by atoms with Gasteiger partial charge in [-0.05, 0) is 27.8 Å². The number of hydrogen-bond acceptors (Lipinski definition) is 6. The highest BCUT2D eigenvalue weighted by Gasteiger charge is 2.24. The van der Waals surface area contributed by atoms with E-state index in [0.717, 1.165) is 38.5 Å². The lowest BCUT2D eigenvalue weighted by atomic mass is 10.2. The highest BCUT2D eigenvalue weighted by atomic mass is 32.2. The van der Waals surface area contributed by atoms with Crippen LogP contribution in [0.25, 0.3) is 0 Å². The maximum absolute atomic E-state index is 11.7. The second-order valence-electron chi connectivity index (χ2n) is 6.76. The lowest BCUT2D eigenvalue weighted by Crippen LogP contribution is -2.46. The van der Waals surface area contributed by atoms with Crippen LogP contribution in [0.15, 0.2) is 0 Å². The Morgan fingerprint density at radius 3 is 2.39 bits per heavy atom. The number of piperazine rings is 1. The summed E-state index contributed by atoms with van der Waals surface area (Å²) in [6.07, 6.45) is -0.690. The molecule has 0 aromatic heterocycles. The van der Waals surface area contributed by atoms with Crippen molar-refractivity contribution in [2.45, 2.75) is 32.4 Å². The third-order valence-electron chi connectivity index (χ3n) is 3.42. The number of carbonyl (C=O) groups is 2. The maximum atomic E-state index is 11.7. The Kier molecular flexibility index (Phi) is 8.15. The molecule has 2 N–H and O–H groups in total. The van der Waals surface area contributed by atoms with Crippen molar-refractivity contribution in [3.05, 3.63) is 0 Å². The van der Waals surface area contributed by atoms with E-state index < -0.39 is 23.7 Å². The number of likely N-dealkylation sites (N-methyl/N-ethyl adjacent to an activating group) is 1. The van der Waals surface area contributed by atoms with Crippen molar-refractivity contribution < 1.29 is 19.4 Å². The van der Waals surface area contributed by atoms with E-state index in [-0.39, 0.29) is 0 Å². The molecule has 0 aromatic rings. The number of ether oxygens (including phenoxy) is 1. The number of carboxylic acid groups (broad SMARTS) is 1. The van der Waals surface area contributed by atoms with Crippen molar-refractivity contribution in [3.8, 4) is 0 Å². The lowest BCUT2D eigenvalue weighted by molar-refractivity contribution is -0.138. The Bertz CT molecular complexity index is 393. The Balaban J connectivity index is 2.25. The van der Waals surface area contributed by atoms with Crippen LogP contribution in [-0.2, 0) is 9.53 Å². The molecule has 7 nitrogen and oxygen atoms in total. The molecule has 0 saturated carbocycles. The van der Waals surface area contributed by atoms with Gasteiger partial charge >= 0.3 is 12.1 Å². The van der Waals surface area contributed by atoms with Gasteiger partial charge in [0.1, 0.15) is 11.6 Å². The van der Waals surface area contributed by atoms with Gasteiger partial charge in [0, 0.05) is 44.2 Å². The number of carboxylic acids is 1. The third kappa shape index (κ3) is 9.02. The van der Waals surface area contributed by atoms with Gasteiger partial charge in [-0.25, -0.2) is 9.59 Å². The summed E-state index contributed by atoms with van der Waals surface area (Å²) >= 11 is 1.54. The van der Waals surface area contributed by atoms with Crippen LogP contribution in [0.1, 0.15) is 20.8 Å². The second kappa shape index (κ2) is 9.34. The quantitative estimate of drug-likeness (QED) is 0.663. The lowest BCUT2D eigenvalue weighted by Gasteiger charge is -2.32. The predicted molar refractivity (Wildman–Crippen MR) is 92.1 cm³/mol. The zero-order chi connectivity index (χ0) is 17.5. The number of alkyl carbamates (subject to hydrolysis) is 1. The van der Waals surface area contributed by atoms with Gasteiger partial charge in [-0.2, -0.15) is 11.8 Å². The Hall–Kier alpha value is -0.990. The molecule has 134 valence electrons. The van der Waals surface area contributed by atoms with E-state index in [9.17, 15) is 14.7 Å². The minimum Gasteiger partial charge on any atom is -0.480 e. The average Bonchev–Trinajstić information content (AvgIpc) is 2.42. The van der Waals surface area contributed by atoms with Crippen molar-refractivity contribution in [3.63, 3.8) is 0 Å². The molecule has 1 aliphatic heterocycles. The highest BCUT2D eigenvalue weighted by Crippen LogP contribution is 2.09. The first kappa shape index (κ1) is 20.1. The van der Waals surface area contributed by atoms with Crippen LogP contribution in [0.4, 0.5) is 4.79 Å². The zero-order valence-corrected chi connectivity index (χ0v) is 15.3. The Morgan fingerprint density at radius 1 is 1.26 bits per heavy atom. The maximum Gasteiger partial charge on any atom is 0.408 e. The molecule has 1 amide bonds. The van der Waals surface area contributed by atoms with Gasteiger partial charge in [0.25, 0.3) is 0 Å². The minimum absolute atomic E-state index is 0.336. The van der Waals surface area contributed by atoms with E-state index in [1.165, 1.54) is 11.8 Å². The smallest absolute Gasteiger partial charge is 0.408 e. The molecule has 0 bridgehead atoms. The third-order valence-corrected chi connectivity index (χ3v) is 4.46. The normalized spacial score (nSPS) is 18.4. The summed E-state index contributed by atoms with van der Waals surface area (Å²) in [6, 6.07) is -0.928. The summed E-state index contributed by atoms with van der Waals surface area (Å²) in [5, 5.41) is 11.6. The van der Waals surface area contributed by atoms with E-state index in [2.05, 4.69) is 22.2 Å². The first-order chi connectivity index (χ1) is 10.7. The number of rotatable bonds is 7. The van der Waals surface area contributed by atoms with E-state index >= 15 is 0 Å². The first-order valence-corrected chi connectivity index (χ1v) is 9.04. The Labute approximate surface area is 142 Å². The monoisotopic (exact) mass is 347 g/mol. The molecule has 0 spiro atoms. The zero-order valence-electron chi connectivity index (χ0n) is 14.5. The molecular weight excluding hydrogens is 318 g/mol. The number of carbonyl (C=O) groups excluding carboxylic acids is 1. The van der Waals surface area contributed by atoms with Gasteiger partial charge < -0.3 is 20.1 Å².